The largest absolute Gasteiger partial charge is 0.393 e. The van der Waals surface area contributed by atoms with Gasteiger partial charge >= 0.3 is 0 Å². The topological polar surface area (TPSA) is 139 Å². The molecule has 1 aliphatic carbocycles. The first-order valence-corrected chi connectivity index (χ1v) is 12.8. The van der Waals surface area contributed by atoms with Crippen LogP contribution in [0, 0.1) is 22.0 Å². The van der Waals surface area contributed by atoms with Crippen LogP contribution < -0.4 is 5.32 Å². The average molecular weight is 485 g/mol. The second-order valence-electron chi connectivity index (χ2n) is 9.48. The van der Waals surface area contributed by atoms with Crippen LogP contribution in [0.4, 0.5) is 0 Å². The predicted octanol–water partition coefficient (Wildman–Crippen LogP) is 3.88. The van der Waals surface area contributed by atoms with Crippen LogP contribution in [-0.4, -0.2) is 51.8 Å². The lowest BCUT2D eigenvalue weighted by molar-refractivity contribution is -0.767. The number of amides is 1. The van der Waals surface area contributed by atoms with E-state index < -0.39 is 23.4 Å². The lowest BCUT2D eigenvalue weighted by Crippen LogP contribution is -2.32. The molecule has 1 fully saturated rings. The smallest absolute Gasteiger partial charge is 0.294 e. The molecule has 34 heavy (non-hydrogen) atoms. The van der Waals surface area contributed by atoms with Crippen molar-refractivity contribution in [2.24, 2.45) is 11.8 Å². The standard InChI is InChI=1S/C25H44N2O7/c1-3-4-5-6-9-12-20(28)15-16-22-21(23(29)17-24(22)30)13-10-7-8-11-14-25(31)26-18-19(2)34-27(32)33/h7,10,19,21-24,29-30H,3-6,8-9,11-18H2,1-2H3,(H,26,31)/t19?,21-,22-,23+,24-/m1/s1. The molecule has 196 valence electrons. The molecule has 0 heterocycles. The first kappa shape index (κ1) is 30.0. The zero-order valence-corrected chi connectivity index (χ0v) is 20.8. The molecule has 0 bridgehead atoms. The molecule has 0 saturated heterocycles. The van der Waals surface area contributed by atoms with E-state index in [1.807, 2.05) is 12.2 Å². The molecule has 1 rings (SSSR count). The van der Waals surface area contributed by atoms with Gasteiger partial charge in [0.15, 0.2) is 0 Å². The maximum atomic E-state index is 12.2. The molecule has 3 N–H and O–H groups in total. The van der Waals surface area contributed by atoms with Gasteiger partial charge < -0.3 is 20.4 Å². The number of rotatable bonds is 19. The molecule has 9 heteroatoms. The number of hydrogen-bond donors (Lipinski definition) is 3. The van der Waals surface area contributed by atoms with E-state index in [4.69, 9.17) is 0 Å². The van der Waals surface area contributed by atoms with Crippen LogP contribution in [0.2, 0.25) is 0 Å². The van der Waals surface area contributed by atoms with Crippen LogP contribution >= 0.6 is 0 Å². The Labute approximate surface area is 203 Å². The Morgan fingerprint density at radius 3 is 2.47 bits per heavy atom. The number of allylic oxidation sites excluding steroid dienone is 2. The molecule has 0 aromatic carbocycles. The van der Waals surface area contributed by atoms with Crippen molar-refractivity contribution in [1.29, 1.82) is 0 Å². The Balaban J connectivity index is 2.27. The van der Waals surface area contributed by atoms with Gasteiger partial charge in [-0.05, 0) is 57.3 Å². The van der Waals surface area contributed by atoms with E-state index in [-0.39, 0.29) is 30.1 Å². The molecule has 9 nitrogen and oxygen atoms in total. The quantitative estimate of drug-likeness (QED) is 0.109. The zero-order valence-electron chi connectivity index (χ0n) is 20.8. The van der Waals surface area contributed by atoms with Gasteiger partial charge in [0.25, 0.3) is 5.09 Å². The van der Waals surface area contributed by atoms with Crippen molar-refractivity contribution >= 4 is 11.7 Å². The summed E-state index contributed by atoms with van der Waals surface area (Å²) in [5, 5.41) is 32.7. The van der Waals surface area contributed by atoms with Crippen LogP contribution in [-0.2, 0) is 14.4 Å². The molecule has 0 aromatic heterocycles. The van der Waals surface area contributed by atoms with Crippen molar-refractivity contribution in [1.82, 2.24) is 5.32 Å². The number of nitrogens with one attached hydrogen (secondary N) is 1. The van der Waals surface area contributed by atoms with Crippen LogP contribution in [0.1, 0.15) is 97.3 Å². The zero-order chi connectivity index (χ0) is 25.3. The van der Waals surface area contributed by atoms with Gasteiger partial charge in [-0.1, -0.05) is 44.8 Å². The van der Waals surface area contributed by atoms with Gasteiger partial charge in [0.05, 0.1) is 12.2 Å². The third-order valence-electron chi connectivity index (χ3n) is 6.54. The van der Waals surface area contributed by atoms with E-state index >= 15 is 0 Å². The molecule has 1 amide bonds. The summed E-state index contributed by atoms with van der Waals surface area (Å²) in [5.74, 6) is -0.0681. The average Bonchev–Trinajstić information content (AvgIpc) is 3.04. The minimum atomic E-state index is -0.875. The highest BCUT2D eigenvalue weighted by Crippen LogP contribution is 2.38. The summed E-state index contributed by atoms with van der Waals surface area (Å²) in [6.45, 7) is 3.76. The molecular formula is C25H44N2O7. The van der Waals surface area contributed by atoms with E-state index in [1.165, 1.54) is 26.2 Å². The number of nitrogens with zero attached hydrogens (tertiary/aromatic N) is 1. The number of carbonyl (C=O) groups is 2. The summed E-state index contributed by atoms with van der Waals surface area (Å²) >= 11 is 0. The van der Waals surface area contributed by atoms with Crippen molar-refractivity contribution in [2.75, 3.05) is 6.54 Å². The van der Waals surface area contributed by atoms with Gasteiger partial charge in [-0.3, -0.25) is 9.59 Å². The summed E-state index contributed by atoms with van der Waals surface area (Å²) in [7, 11) is 0. The van der Waals surface area contributed by atoms with Crippen LogP contribution in [0.25, 0.3) is 0 Å². The Bertz CT molecular complexity index is 641. The first-order chi connectivity index (χ1) is 16.2. The van der Waals surface area contributed by atoms with Crippen LogP contribution in [0.15, 0.2) is 12.2 Å². The van der Waals surface area contributed by atoms with Gasteiger partial charge in [0, 0.05) is 25.8 Å². The van der Waals surface area contributed by atoms with E-state index in [2.05, 4.69) is 17.1 Å². The van der Waals surface area contributed by atoms with Gasteiger partial charge in [-0.2, -0.15) is 0 Å². The van der Waals surface area contributed by atoms with Gasteiger partial charge in [0.2, 0.25) is 5.91 Å². The lowest BCUT2D eigenvalue weighted by atomic mass is 9.86. The van der Waals surface area contributed by atoms with Gasteiger partial charge in [-0.15, -0.1) is 10.1 Å². The van der Waals surface area contributed by atoms with E-state index in [0.717, 1.165) is 12.8 Å². The van der Waals surface area contributed by atoms with Crippen molar-refractivity contribution in [3.63, 3.8) is 0 Å². The van der Waals surface area contributed by atoms with Crippen molar-refractivity contribution < 1.29 is 29.7 Å². The fourth-order valence-electron chi connectivity index (χ4n) is 4.57. The van der Waals surface area contributed by atoms with Crippen molar-refractivity contribution in [3.05, 3.63) is 22.3 Å². The van der Waals surface area contributed by atoms with Gasteiger partial charge in [0.1, 0.15) is 11.9 Å². The Hall–Kier alpha value is -2.00. The molecule has 0 radical (unpaired) electrons. The second-order valence-corrected chi connectivity index (χ2v) is 9.48. The predicted molar refractivity (Wildman–Crippen MR) is 129 cm³/mol. The number of aliphatic hydroxyl groups excluding tert-OH is 2. The van der Waals surface area contributed by atoms with Crippen LogP contribution in [0.5, 0.6) is 0 Å². The number of unbranched alkanes of at least 4 members (excludes halogenated alkanes) is 5. The lowest BCUT2D eigenvalue weighted by Gasteiger charge is -2.22. The van der Waals surface area contributed by atoms with Gasteiger partial charge in [-0.25, -0.2) is 0 Å². The molecule has 1 saturated carbocycles. The van der Waals surface area contributed by atoms with Crippen LogP contribution in [0.3, 0.4) is 0 Å². The fraction of sp³-hybridized carbons (Fsp3) is 0.840. The number of ketones is 1. The minimum Gasteiger partial charge on any atom is -0.393 e. The Kier molecular flexibility index (Phi) is 15.4. The van der Waals surface area contributed by atoms with E-state index in [0.29, 0.717) is 51.4 Å². The SMILES string of the molecule is CCCCCCCC(=O)CC[C@@H]1[C@@H](CC=CCCCC(=O)NCC(C)O[N+](=O)[O-])[C@@H](O)C[C@H]1O. The molecule has 5 atom stereocenters. The summed E-state index contributed by atoms with van der Waals surface area (Å²) in [6, 6.07) is 0. The number of carbonyl (C=O) groups excluding carboxylic acids is 2. The summed E-state index contributed by atoms with van der Waals surface area (Å²) in [4.78, 5) is 38.6. The molecule has 0 aromatic rings. The van der Waals surface area contributed by atoms with E-state index in [1.54, 1.807) is 0 Å². The Morgan fingerprint density at radius 1 is 1.06 bits per heavy atom. The first-order valence-electron chi connectivity index (χ1n) is 12.8. The molecular weight excluding hydrogens is 440 g/mol. The minimum absolute atomic E-state index is 0.0602. The highest BCUT2D eigenvalue weighted by Gasteiger charge is 2.40. The molecule has 1 unspecified atom stereocenters. The number of aliphatic hydroxyl groups is 2. The molecule has 1 aliphatic rings. The number of Topliss-reactive ketones (excluding diaryl/α,β-unsaturated/α-hetero) is 1. The van der Waals surface area contributed by atoms with E-state index in [9.17, 15) is 29.9 Å². The summed E-state index contributed by atoms with van der Waals surface area (Å²) < 4.78 is 0. The summed E-state index contributed by atoms with van der Waals surface area (Å²) in [6.07, 6.45) is 12.0. The molecule has 0 spiro atoms. The fourth-order valence-corrected chi connectivity index (χ4v) is 4.57. The highest BCUT2D eigenvalue weighted by atomic mass is 17.0. The molecule has 0 aliphatic heterocycles. The third-order valence-corrected chi connectivity index (χ3v) is 6.54. The van der Waals surface area contributed by atoms with Crippen molar-refractivity contribution in [3.8, 4) is 0 Å². The second kappa shape index (κ2) is 17.4. The maximum Gasteiger partial charge on any atom is 0.294 e. The third kappa shape index (κ3) is 13.0. The highest BCUT2D eigenvalue weighted by molar-refractivity contribution is 5.78. The van der Waals surface area contributed by atoms with Crippen molar-refractivity contribution in [2.45, 2.75) is 116 Å². The normalized spacial score (nSPS) is 23.2. The monoisotopic (exact) mass is 484 g/mol. The maximum absolute atomic E-state index is 12.2. The summed E-state index contributed by atoms with van der Waals surface area (Å²) in [5.41, 5.74) is 0. The Morgan fingerprint density at radius 2 is 1.76 bits per heavy atom. The number of hydrogen-bond acceptors (Lipinski definition) is 7.